The van der Waals surface area contributed by atoms with Gasteiger partial charge in [-0.05, 0) is 34.4 Å². The van der Waals surface area contributed by atoms with Gasteiger partial charge in [-0.1, -0.05) is 110 Å². The van der Waals surface area contributed by atoms with Crippen LogP contribution < -0.4 is 5.32 Å². The number of hydrogen-bond acceptors (Lipinski definition) is 10. The van der Waals surface area contributed by atoms with Gasteiger partial charge in [0.2, 0.25) is 5.91 Å². The number of para-hydroxylation sites is 1. The minimum atomic E-state index is -0.980. The number of aliphatic hydroxyl groups is 1. The Kier molecular flexibility index (Phi) is 10.8. The molecule has 2 N–H and O–H groups in total. The van der Waals surface area contributed by atoms with E-state index >= 15 is 0 Å². The first-order chi connectivity index (χ1) is 24.8. The number of rotatable bonds is 11. The lowest BCUT2D eigenvalue weighted by molar-refractivity contribution is -0.268. The van der Waals surface area contributed by atoms with E-state index in [-0.39, 0.29) is 50.2 Å². The highest BCUT2D eigenvalue weighted by atomic mass is 32.2. The van der Waals surface area contributed by atoms with Crippen LogP contribution in [0.15, 0.2) is 107 Å². The molecule has 2 aliphatic heterocycles. The number of thioether (sulfide) groups is 1. The predicted molar refractivity (Wildman–Crippen MR) is 193 cm³/mol. The fourth-order valence-corrected chi connectivity index (χ4v) is 8.47. The molecular formula is C39H37N3O7S2. The molecule has 0 bridgehead atoms. The summed E-state index contributed by atoms with van der Waals surface area (Å²) in [5, 5.41) is 12.1. The van der Waals surface area contributed by atoms with Crippen LogP contribution in [0.5, 0.6) is 0 Å². The normalized spacial score (nSPS) is 22.0. The Morgan fingerprint density at radius 1 is 0.922 bits per heavy atom. The highest BCUT2D eigenvalue weighted by Crippen LogP contribution is 2.43. The fourth-order valence-electron chi connectivity index (χ4n) is 6.21. The molecule has 10 nitrogen and oxygen atoms in total. The second kappa shape index (κ2) is 15.7. The van der Waals surface area contributed by atoms with Crippen molar-refractivity contribution in [2.24, 2.45) is 5.92 Å². The Hall–Kier alpha value is -4.59. The first kappa shape index (κ1) is 34.8. The maximum atomic E-state index is 13.1. The number of nitrogens with zero attached hydrogens (tertiary/aromatic N) is 2. The molecule has 3 heterocycles. The molecule has 0 spiro atoms. The second-order valence-electron chi connectivity index (χ2n) is 12.6. The number of aromatic nitrogens is 1. The van der Waals surface area contributed by atoms with Crippen LogP contribution in [0, 0.1) is 5.92 Å². The van der Waals surface area contributed by atoms with Crippen molar-refractivity contribution in [1.29, 1.82) is 0 Å². The molecule has 2 saturated heterocycles. The molecule has 1 unspecified atom stereocenters. The van der Waals surface area contributed by atoms with Crippen molar-refractivity contribution in [2.45, 2.75) is 62.0 Å². The van der Waals surface area contributed by atoms with E-state index < -0.39 is 24.3 Å². The Morgan fingerprint density at radius 2 is 1.63 bits per heavy atom. The molecule has 3 amide bonds. The van der Waals surface area contributed by atoms with Crippen molar-refractivity contribution in [1.82, 2.24) is 15.2 Å². The molecule has 51 heavy (non-hydrogen) atoms. The SMILES string of the molecule is C[C@H]1[C@@H](CSc2nc3ccccc3s2)O[C@@H](c2ccc(CN3C(=O)CC(NC(=O)OCc4ccccc4)C3=O)cc2)O[C@H]1c1ccc(CO)cc1. The maximum Gasteiger partial charge on any atom is 0.408 e. The molecule has 7 rings (SSSR count). The van der Waals surface area contributed by atoms with Crippen molar-refractivity contribution in [2.75, 3.05) is 5.75 Å². The van der Waals surface area contributed by atoms with Crippen LogP contribution in [0.25, 0.3) is 10.2 Å². The third-order valence-corrected chi connectivity index (χ3v) is 11.4. The summed E-state index contributed by atoms with van der Waals surface area (Å²) in [5.74, 6) is -0.143. The van der Waals surface area contributed by atoms with E-state index in [0.29, 0.717) is 5.75 Å². The fraction of sp³-hybridized carbons (Fsp3) is 0.282. The molecule has 262 valence electrons. The molecule has 2 aliphatic rings. The number of likely N-dealkylation sites (tertiary alicyclic amines) is 1. The van der Waals surface area contributed by atoms with Gasteiger partial charge in [-0.15, -0.1) is 11.3 Å². The summed E-state index contributed by atoms with van der Waals surface area (Å²) < 4.78 is 20.6. The maximum absolute atomic E-state index is 13.1. The molecule has 1 aromatic heterocycles. The van der Waals surface area contributed by atoms with E-state index in [2.05, 4.69) is 18.3 Å². The first-order valence-electron chi connectivity index (χ1n) is 16.7. The number of ether oxygens (including phenoxy) is 3. The molecule has 4 aromatic carbocycles. The van der Waals surface area contributed by atoms with Crippen molar-refractivity contribution in [3.8, 4) is 0 Å². The van der Waals surface area contributed by atoms with Gasteiger partial charge < -0.3 is 24.6 Å². The van der Waals surface area contributed by atoms with Gasteiger partial charge in [0.1, 0.15) is 12.6 Å². The number of carbonyl (C=O) groups excluding carboxylic acids is 3. The number of benzene rings is 4. The summed E-state index contributed by atoms with van der Waals surface area (Å²) in [7, 11) is 0. The summed E-state index contributed by atoms with van der Waals surface area (Å²) in [6.07, 6.45) is -1.97. The Labute approximate surface area is 303 Å². The third-order valence-electron chi connectivity index (χ3n) is 9.11. The second-order valence-corrected chi connectivity index (χ2v) is 14.9. The molecule has 2 fully saturated rings. The van der Waals surface area contributed by atoms with Crippen molar-refractivity contribution >= 4 is 51.2 Å². The number of nitrogens with one attached hydrogen (secondary N) is 1. The summed E-state index contributed by atoms with van der Waals surface area (Å²) in [4.78, 5) is 44.2. The average Bonchev–Trinajstić information content (AvgIpc) is 3.70. The van der Waals surface area contributed by atoms with Crippen LogP contribution in [0.4, 0.5) is 4.79 Å². The Morgan fingerprint density at radius 3 is 2.37 bits per heavy atom. The van der Waals surface area contributed by atoms with Crippen molar-refractivity contribution in [3.63, 3.8) is 0 Å². The molecule has 0 radical (unpaired) electrons. The quantitative estimate of drug-likeness (QED) is 0.110. The molecule has 5 atom stereocenters. The summed E-state index contributed by atoms with van der Waals surface area (Å²) in [6.45, 7) is 2.22. The molecule has 5 aromatic rings. The van der Waals surface area contributed by atoms with Gasteiger partial charge in [0, 0.05) is 17.2 Å². The zero-order chi connectivity index (χ0) is 35.3. The Balaban J connectivity index is 1.01. The van der Waals surface area contributed by atoms with Gasteiger partial charge in [0.15, 0.2) is 10.6 Å². The standard InChI is InChI=1S/C39H37N3O7S2/c1-24-32(23-50-39-41-30-9-5-6-10-33(30)51-39)48-37(49-35(24)28-15-13-26(21-43)14-16-28)29-17-11-25(12-18-29)20-42-34(44)19-31(36(42)45)40-38(46)47-22-27-7-3-2-4-8-27/h2-18,24,31-32,35,37,43H,19-23H2,1H3,(H,40,46)/t24-,31?,32+,35+,37+/m0/s1. The summed E-state index contributed by atoms with van der Waals surface area (Å²) in [5.41, 5.74) is 5.17. The predicted octanol–water partition coefficient (Wildman–Crippen LogP) is 6.93. The Bertz CT molecular complexity index is 1950. The topological polar surface area (TPSA) is 127 Å². The first-order valence-corrected chi connectivity index (χ1v) is 18.5. The van der Waals surface area contributed by atoms with Crippen LogP contribution >= 0.6 is 23.1 Å². The largest absolute Gasteiger partial charge is 0.445 e. The van der Waals surface area contributed by atoms with E-state index in [4.69, 9.17) is 19.2 Å². The monoisotopic (exact) mass is 723 g/mol. The zero-order valence-electron chi connectivity index (χ0n) is 27.8. The number of fused-ring (bicyclic) bond motifs is 1. The van der Waals surface area contributed by atoms with Crippen LogP contribution in [-0.2, 0) is 43.6 Å². The minimum Gasteiger partial charge on any atom is -0.445 e. The summed E-state index contributed by atoms with van der Waals surface area (Å²) in [6, 6.07) is 31.6. The number of alkyl carbamates (subject to hydrolysis) is 1. The van der Waals surface area contributed by atoms with Gasteiger partial charge in [0.05, 0.1) is 42.0 Å². The van der Waals surface area contributed by atoms with Crippen LogP contribution in [0.3, 0.4) is 0 Å². The smallest absolute Gasteiger partial charge is 0.408 e. The third kappa shape index (κ3) is 8.16. The van der Waals surface area contributed by atoms with Crippen LogP contribution in [-0.4, -0.2) is 50.8 Å². The molecular weight excluding hydrogens is 687 g/mol. The lowest BCUT2D eigenvalue weighted by Gasteiger charge is -2.41. The number of thiazole rings is 1. The van der Waals surface area contributed by atoms with Gasteiger partial charge in [-0.25, -0.2) is 9.78 Å². The van der Waals surface area contributed by atoms with Gasteiger partial charge in [-0.2, -0.15) is 0 Å². The number of carbonyl (C=O) groups is 3. The molecule has 12 heteroatoms. The van der Waals surface area contributed by atoms with E-state index in [1.807, 2.05) is 97.1 Å². The highest BCUT2D eigenvalue weighted by molar-refractivity contribution is 8.01. The van der Waals surface area contributed by atoms with Gasteiger partial charge in [0.25, 0.3) is 5.91 Å². The van der Waals surface area contributed by atoms with E-state index in [1.54, 1.807) is 23.1 Å². The number of amides is 3. The summed E-state index contributed by atoms with van der Waals surface area (Å²) >= 11 is 3.34. The number of aliphatic hydroxyl groups excluding tert-OH is 1. The van der Waals surface area contributed by atoms with Crippen LogP contribution in [0.2, 0.25) is 0 Å². The minimum absolute atomic E-state index is 0.0201. The van der Waals surface area contributed by atoms with E-state index in [1.165, 1.54) is 0 Å². The lowest BCUT2D eigenvalue weighted by atomic mass is 9.91. The number of hydrogen-bond donors (Lipinski definition) is 2. The van der Waals surface area contributed by atoms with Crippen molar-refractivity contribution in [3.05, 3.63) is 131 Å². The number of imide groups is 1. The average molecular weight is 724 g/mol. The van der Waals surface area contributed by atoms with Gasteiger partial charge >= 0.3 is 6.09 Å². The molecule has 0 aliphatic carbocycles. The lowest BCUT2D eigenvalue weighted by Crippen LogP contribution is -2.41. The van der Waals surface area contributed by atoms with Gasteiger partial charge in [-0.3, -0.25) is 14.5 Å². The van der Waals surface area contributed by atoms with E-state index in [9.17, 15) is 19.5 Å². The molecule has 0 saturated carbocycles. The van der Waals surface area contributed by atoms with E-state index in [0.717, 1.165) is 47.3 Å². The van der Waals surface area contributed by atoms with Crippen LogP contribution in [0.1, 0.15) is 53.6 Å². The van der Waals surface area contributed by atoms with Crippen molar-refractivity contribution < 1.29 is 33.7 Å². The zero-order valence-corrected chi connectivity index (χ0v) is 29.5. The highest BCUT2D eigenvalue weighted by Gasteiger charge is 2.40.